The van der Waals surface area contributed by atoms with Crippen molar-refractivity contribution in [1.29, 1.82) is 0 Å². The molecule has 1 rings (SSSR count). The van der Waals surface area contributed by atoms with Gasteiger partial charge in [-0.2, -0.15) is 0 Å². The van der Waals surface area contributed by atoms with Gasteiger partial charge in [0, 0.05) is 29.1 Å². The van der Waals surface area contributed by atoms with Crippen LogP contribution in [0.4, 0.5) is 0 Å². The van der Waals surface area contributed by atoms with E-state index in [0.717, 1.165) is 5.56 Å². The highest BCUT2D eigenvalue weighted by Crippen LogP contribution is 2.20. The number of halogens is 2. The summed E-state index contributed by atoms with van der Waals surface area (Å²) in [4.78, 5) is 10.7. The predicted molar refractivity (Wildman–Crippen MR) is 66.6 cm³/mol. The quantitative estimate of drug-likeness (QED) is 0.854. The Morgan fingerprint density at radius 1 is 1.50 bits per heavy atom. The highest BCUT2D eigenvalue weighted by Gasteiger charge is 2.06. The summed E-state index contributed by atoms with van der Waals surface area (Å²) < 4.78 is 0. The highest BCUT2D eigenvalue weighted by molar-refractivity contribution is 6.35. The maximum Gasteiger partial charge on any atom is 0.218 e. The molecule has 0 spiro atoms. The van der Waals surface area contributed by atoms with E-state index in [1.54, 1.807) is 12.1 Å². The van der Waals surface area contributed by atoms with Crippen molar-refractivity contribution in [3.05, 3.63) is 33.8 Å². The molecule has 0 bridgehead atoms. The molecular weight excluding hydrogens is 247 g/mol. The third-order valence-corrected chi connectivity index (χ3v) is 2.75. The zero-order valence-electron chi connectivity index (χ0n) is 8.97. The molecule has 1 amide bonds. The van der Waals surface area contributed by atoms with Crippen LogP contribution in [0, 0.1) is 0 Å². The monoisotopic (exact) mass is 260 g/mol. The largest absolute Gasteiger partial charge is 0.370 e. The number of hydrogen-bond acceptors (Lipinski definition) is 2. The standard InChI is InChI=1S/C11H14Cl2N2O/c1-7(4-11(14)16)15-6-8-2-3-9(12)5-10(8)13/h2-3,5,7,15H,4,6H2,1H3,(H2,14,16). The van der Waals surface area contributed by atoms with E-state index in [0.29, 0.717) is 23.0 Å². The van der Waals surface area contributed by atoms with Gasteiger partial charge in [-0.15, -0.1) is 0 Å². The molecule has 1 aromatic rings. The van der Waals surface area contributed by atoms with Gasteiger partial charge < -0.3 is 11.1 Å². The zero-order chi connectivity index (χ0) is 12.1. The fourth-order valence-corrected chi connectivity index (χ4v) is 1.80. The number of amides is 1. The van der Waals surface area contributed by atoms with Crippen molar-refractivity contribution >= 4 is 29.1 Å². The van der Waals surface area contributed by atoms with Crippen LogP contribution >= 0.6 is 23.2 Å². The second-order valence-electron chi connectivity index (χ2n) is 3.69. The van der Waals surface area contributed by atoms with Crippen molar-refractivity contribution in [2.75, 3.05) is 0 Å². The molecule has 3 nitrogen and oxygen atoms in total. The molecule has 0 saturated carbocycles. The van der Waals surface area contributed by atoms with E-state index in [4.69, 9.17) is 28.9 Å². The summed E-state index contributed by atoms with van der Waals surface area (Å²) in [6, 6.07) is 5.36. The summed E-state index contributed by atoms with van der Waals surface area (Å²) in [6.07, 6.45) is 0.311. The first-order chi connectivity index (χ1) is 7.49. The normalized spacial score (nSPS) is 12.4. The van der Waals surface area contributed by atoms with Gasteiger partial charge in [0.1, 0.15) is 0 Å². The van der Waals surface area contributed by atoms with Crippen molar-refractivity contribution in [2.24, 2.45) is 5.73 Å². The second kappa shape index (κ2) is 6.09. The molecule has 0 aliphatic heterocycles. The second-order valence-corrected chi connectivity index (χ2v) is 4.53. The Labute approximate surface area is 105 Å². The van der Waals surface area contributed by atoms with Crippen LogP contribution in [0.25, 0.3) is 0 Å². The maximum atomic E-state index is 10.7. The van der Waals surface area contributed by atoms with Crippen molar-refractivity contribution in [2.45, 2.75) is 25.9 Å². The molecule has 16 heavy (non-hydrogen) atoms. The average Bonchev–Trinajstić information content (AvgIpc) is 2.15. The van der Waals surface area contributed by atoms with E-state index in [1.165, 1.54) is 0 Å². The number of nitrogens with one attached hydrogen (secondary N) is 1. The number of benzene rings is 1. The van der Waals surface area contributed by atoms with Gasteiger partial charge in [-0.25, -0.2) is 0 Å². The number of hydrogen-bond donors (Lipinski definition) is 2. The number of nitrogens with two attached hydrogens (primary N) is 1. The van der Waals surface area contributed by atoms with E-state index in [1.807, 2.05) is 13.0 Å². The first-order valence-electron chi connectivity index (χ1n) is 4.94. The molecule has 0 aliphatic rings. The molecule has 1 aromatic carbocycles. The third kappa shape index (κ3) is 4.39. The summed E-state index contributed by atoms with van der Waals surface area (Å²) in [7, 11) is 0. The summed E-state index contributed by atoms with van der Waals surface area (Å²) in [5.41, 5.74) is 6.04. The fourth-order valence-electron chi connectivity index (χ4n) is 1.32. The van der Waals surface area contributed by atoms with Crippen LogP contribution in [0.15, 0.2) is 18.2 Å². The lowest BCUT2D eigenvalue weighted by molar-refractivity contribution is -0.118. The molecule has 0 saturated heterocycles. The third-order valence-electron chi connectivity index (χ3n) is 2.16. The molecule has 5 heteroatoms. The van der Waals surface area contributed by atoms with Gasteiger partial charge in [0.2, 0.25) is 5.91 Å². The molecule has 0 fully saturated rings. The van der Waals surface area contributed by atoms with Crippen LogP contribution in [0.3, 0.4) is 0 Å². The summed E-state index contributed by atoms with van der Waals surface area (Å²) in [5.74, 6) is -0.317. The molecule has 1 unspecified atom stereocenters. The van der Waals surface area contributed by atoms with Gasteiger partial charge in [0.05, 0.1) is 0 Å². The molecule has 0 aromatic heterocycles. The van der Waals surface area contributed by atoms with E-state index in [-0.39, 0.29) is 11.9 Å². The lowest BCUT2D eigenvalue weighted by atomic mass is 10.2. The summed E-state index contributed by atoms with van der Waals surface area (Å²) in [6.45, 7) is 2.49. The molecule has 0 aliphatic carbocycles. The Bertz CT molecular complexity index is 382. The molecular formula is C11H14Cl2N2O. The number of primary amides is 1. The molecule has 0 radical (unpaired) electrons. The summed E-state index contributed by atoms with van der Waals surface area (Å²) in [5, 5.41) is 4.39. The topological polar surface area (TPSA) is 55.1 Å². The zero-order valence-corrected chi connectivity index (χ0v) is 10.5. The predicted octanol–water partition coefficient (Wildman–Crippen LogP) is 2.35. The molecule has 1 atom stereocenters. The average molecular weight is 261 g/mol. The maximum absolute atomic E-state index is 10.7. The lowest BCUT2D eigenvalue weighted by Crippen LogP contribution is -2.30. The van der Waals surface area contributed by atoms with Crippen LogP contribution in [-0.2, 0) is 11.3 Å². The van der Waals surface area contributed by atoms with Crippen LogP contribution in [0.5, 0.6) is 0 Å². The fraction of sp³-hybridized carbons (Fsp3) is 0.364. The van der Waals surface area contributed by atoms with Gasteiger partial charge in [-0.1, -0.05) is 29.3 Å². The SMILES string of the molecule is CC(CC(N)=O)NCc1ccc(Cl)cc1Cl. The molecule has 3 N–H and O–H groups in total. The Morgan fingerprint density at radius 2 is 2.19 bits per heavy atom. The van der Waals surface area contributed by atoms with Crippen molar-refractivity contribution in [3.8, 4) is 0 Å². The summed E-state index contributed by atoms with van der Waals surface area (Å²) >= 11 is 11.8. The Hall–Kier alpha value is -0.770. The Morgan fingerprint density at radius 3 is 2.75 bits per heavy atom. The van der Waals surface area contributed by atoms with Gasteiger partial charge in [-0.05, 0) is 24.6 Å². The lowest BCUT2D eigenvalue weighted by Gasteiger charge is -2.12. The van der Waals surface area contributed by atoms with E-state index in [9.17, 15) is 4.79 Å². The van der Waals surface area contributed by atoms with Crippen LogP contribution in [0.1, 0.15) is 18.9 Å². The minimum atomic E-state index is -0.317. The Kier molecular flexibility index (Phi) is 5.06. The first-order valence-corrected chi connectivity index (χ1v) is 5.70. The minimum absolute atomic E-state index is 0.0317. The van der Waals surface area contributed by atoms with Crippen molar-refractivity contribution in [1.82, 2.24) is 5.32 Å². The van der Waals surface area contributed by atoms with Crippen LogP contribution in [0.2, 0.25) is 10.0 Å². The van der Waals surface area contributed by atoms with Gasteiger partial charge in [-0.3, -0.25) is 4.79 Å². The number of carbonyl (C=O) groups is 1. The van der Waals surface area contributed by atoms with E-state index in [2.05, 4.69) is 5.32 Å². The van der Waals surface area contributed by atoms with Gasteiger partial charge in [0.15, 0.2) is 0 Å². The van der Waals surface area contributed by atoms with Gasteiger partial charge in [0.25, 0.3) is 0 Å². The highest BCUT2D eigenvalue weighted by atomic mass is 35.5. The first kappa shape index (κ1) is 13.3. The number of carbonyl (C=O) groups excluding carboxylic acids is 1. The number of rotatable bonds is 5. The van der Waals surface area contributed by atoms with Gasteiger partial charge >= 0.3 is 0 Å². The Balaban J connectivity index is 2.51. The van der Waals surface area contributed by atoms with Crippen molar-refractivity contribution in [3.63, 3.8) is 0 Å². The van der Waals surface area contributed by atoms with Crippen LogP contribution < -0.4 is 11.1 Å². The molecule has 0 heterocycles. The van der Waals surface area contributed by atoms with Crippen LogP contribution in [-0.4, -0.2) is 11.9 Å². The molecule has 88 valence electrons. The minimum Gasteiger partial charge on any atom is -0.370 e. The smallest absolute Gasteiger partial charge is 0.218 e. The van der Waals surface area contributed by atoms with E-state index >= 15 is 0 Å². The van der Waals surface area contributed by atoms with Crippen molar-refractivity contribution < 1.29 is 4.79 Å². The van der Waals surface area contributed by atoms with E-state index < -0.39 is 0 Å².